The van der Waals surface area contributed by atoms with Crippen molar-refractivity contribution in [2.45, 2.75) is 32.7 Å². The minimum Gasteiger partial charge on any atom is -0.478 e. The molecule has 0 saturated carbocycles. The maximum Gasteiger partial charge on any atom is 0.335 e. The number of carbonyl (C=O) groups excluding carboxylic acids is 1. The van der Waals surface area contributed by atoms with Gasteiger partial charge in [0.15, 0.2) is 0 Å². The van der Waals surface area contributed by atoms with Crippen LogP contribution in [0, 0.1) is 0 Å². The first-order valence-electron chi connectivity index (χ1n) is 7.02. The third kappa shape index (κ3) is 4.66. The summed E-state index contributed by atoms with van der Waals surface area (Å²) in [6, 6.07) is 4.66. The predicted octanol–water partition coefficient (Wildman–Crippen LogP) is 1.71. The highest BCUT2D eigenvalue weighted by Crippen LogP contribution is 2.23. The number of nitrogen functional groups attached to an aromatic ring is 1. The number of carboxylic acids is 1. The summed E-state index contributed by atoms with van der Waals surface area (Å²) in [5.74, 6) is -1.10. The van der Waals surface area contributed by atoms with E-state index in [9.17, 15) is 9.59 Å². The van der Waals surface area contributed by atoms with E-state index in [0.717, 1.165) is 12.8 Å². The Bertz CT molecular complexity index is 513. The molecule has 6 nitrogen and oxygen atoms in total. The maximum absolute atomic E-state index is 12.0. The topological polar surface area (TPSA) is 95.7 Å². The largest absolute Gasteiger partial charge is 0.478 e. The number of nitrogens with zero attached hydrogens (tertiary/aromatic N) is 1. The van der Waals surface area contributed by atoms with Crippen LogP contribution < -0.4 is 16.0 Å². The predicted molar refractivity (Wildman–Crippen MR) is 83.6 cm³/mol. The van der Waals surface area contributed by atoms with Gasteiger partial charge in [0.1, 0.15) is 0 Å². The van der Waals surface area contributed by atoms with Gasteiger partial charge in [-0.05, 0) is 31.0 Å². The van der Waals surface area contributed by atoms with Crippen molar-refractivity contribution < 1.29 is 14.7 Å². The molecule has 4 N–H and O–H groups in total. The number of likely N-dealkylation sites (N-methyl/N-ethyl adjacent to an activating group) is 1. The number of aromatic carboxylic acids is 1. The lowest BCUT2D eigenvalue weighted by Gasteiger charge is -2.22. The van der Waals surface area contributed by atoms with Gasteiger partial charge in [-0.1, -0.05) is 13.8 Å². The number of amides is 1. The molecular formula is C15H23N3O3. The van der Waals surface area contributed by atoms with E-state index in [1.807, 2.05) is 13.8 Å². The van der Waals surface area contributed by atoms with Gasteiger partial charge in [0.25, 0.3) is 0 Å². The Morgan fingerprint density at radius 1 is 1.33 bits per heavy atom. The number of carbonyl (C=O) groups is 2. The standard InChI is InChI=1S/C15H23N3O3/c1-4-11(5-2)17-14(19)9-18(3)13-7-6-10(15(20)21)8-12(13)16/h6-8,11H,4-5,9,16H2,1-3H3,(H,17,19)(H,20,21). The van der Waals surface area contributed by atoms with Crippen LogP contribution in [-0.2, 0) is 4.79 Å². The minimum atomic E-state index is -1.03. The number of anilines is 2. The molecule has 0 aromatic heterocycles. The van der Waals surface area contributed by atoms with E-state index in [1.54, 1.807) is 18.0 Å². The first kappa shape index (κ1) is 16.8. The molecule has 1 aromatic carbocycles. The first-order valence-corrected chi connectivity index (χ1v) is 7.02. The van der Waals surface area contributed by atoms with Gasteiger partial charge in [-0.2, -0.15) is 0 Å². The van der Waals surface area contributed by atoms with Gasteiger partial charge in [-0.25, -0.2) is 4.79 Å². The molecule has 21 heavy (non-hydrogen) atoms. The summed E-state index contributed by atoms with van der Waals surface area (Å²) in [5, 5.41) is 11.9. The second-order valence-corrected chi connectivity index (χ2v) is 5.02. The van der Waals surface area contributed by atoms with E-state index in [2.05, 4.69) is 5.32 Å². The van der Waals surface area contributed by atoms with Crippen LogP contribution in [0.2, 0.25) is 0 Å². The van der Waals surface area contributed by atoms with Crippen LogP contribution in [0.25, 0.3) is 0 Å². The van der Waals surface area contributed by atoms with Crippen molar-refractivity contribution in [2.75, 3.05) is 24.2 Å². The molecule has 0 atom stereocenters. The van der Waals surface area contributed by atoms with Crippen molar-refractivity contribution in [3.8, 4) is 0 Å². The highest BCUT2D eigenvalue weighted by molar-refractivity contribution is 5.91. The summed E-state index contributed by atoms with van der Waals surface area (Å²) in [7, 11) is 1.75. The van der Waals surface area contributed by atoms with E-state index in [1.165, 1.54) is 12.1 Å². The van der Waals surface area contributed by atoms with Crippen molar-refractivity contribution in [1.82, 2.24) is 5.32 Å². The Morgan fingerprint density at radius 3 is 2.43 bits per heavy atom. The molecule has 6 heteroatoms. The Kier molecular flexibility index (Phi) is 6.02. The molecule has 0 heterocycles. The Balaban J connectivity index is 2.73. The lowest BCUT2D eigenvalue weighted by Crippen LogP contribution is -2.40. The molecule has 0 fully saturated rings. The number of benzene rings is 1. The molecule has 116 valence electrons. The van der Waals surface area contributed by atoms with Crippen LogP contribution in [0.5, 0.6) is 0 Å². The van der Waals surface area contributed by atoms with Crippen LogP contribution in [0.15, 0.2) is 18.2 Å². The fourth-order valence-electron chi connectivity index (χ4n) is 2.10. The summed E-state index contributed by atoms with van der Waals surface area (Å²) in [4.78, 5) is 24.5. The second kappa shape index (κ2) is 7.52. The zero-order valence-electron chi connectivity index (χ0n) is 12.7. The van der Waals surface area contributed by atoms with Crippen LogP contribution in [-0.4, -0.2) is 36.6 Å². The molecule has 1 amide bonds. The van der Waals surface area contributed by atoms with E-state index in [4.69, 9.17) is 10.8 Å². The molecule has 0 spiro atoms. The molecule has 1 rings (SSSR count). The number of hydrogen-bond acceptors (Lipinski definition) is 4. The summed E-state index contributed by atoms with van der Waals surface area (Å²) in [5.41, 5.74) is 6.96. The summed E-state index contributed by atoms with van der Waals surface area (Å²) in [6.07, 6.45) is 1.78. The molecule has 0 saturated heterocycles. The van der Waals surface area contributed by atoms with Crippen LogP contribution in [0.3, 0.4) is 0 Å². The third-order valence-electron chi connectivity index (χ3n) is 3.42. The minimum absolute atomic E-state index is 0.0760. The summed E-state index contributed by atoms with van der Waals surface area (Å²) >= 11 is 0. The van der Waals surface area contributed by atoms with E-state index in [0.29, 0.717) is 11.4 Å². The monoisotopic (exact) mass is 293 g/mol. The third-order valence-corrected chi connectivity index (χ3v) is 3.42. The molecule has 0 aliphatic heterocycles. The maximum atomic E-state index is 12.0. The van der Waals surface area contributed by atoms with E-state index in [-0.39, 0.29) is 24.1 Å². The van der Waals surface area contributed by atoms with Gasteiger partial charge < -0.3 is 21.1 Å². The zero-order valence-corrected chi connectivity index (χ0v) is 12.7. The average Bonchev–Trinajstić information content (AvgIpc) is 2.44. The fraction of sp³-hybridized carbons (Fsp3) is 0.467. The smallest absolute Gasteiger partial charge is 0.335 e. The molecule has 0 unspecified atom stereocenters. The Hall–Kier alpha value is -2.24. The number of hydrogen-bond donors (Lipinski definition) is 3. The Labute approximate surface area is 124 Å². The second-order valence-electron chi connectivity index (χ2n) is 5.02. The highest BCUT2D eigenvalue weighted by atomic mass is 16.4. The molecule has 0 radical (unpaired) electrons. The summed E-state index contributed by atoms with van der Waals surface area (Å²) < 4.78 is 0. The average molecular weight is 293 g/mol. The van der Waals surface area contributed by atoms with E-state index < -0.39 is 5.97 Å². The van der Waals surface area contributed by atoms with Gasteiger partial charge >= 0.3 is 5.97 Å². The zero-order chi connectivity index (χ0) is 16.0. The fourth-order valence-corrected chi connectivity index (χ4v) is 2.10. The van der Waals surface area contributed by atoms with Crippen molar-refractivity contribution in [2.24, 2.45) is 0 Å². The van der Waals surface area contributed by atoms with Gasteiger partial charge in [-0.15, -0.1) is 0 Å². The quantitative estimate of drug-likeness (QED) is 0.665. The van der Waals surface area contributed by atoms with Crippen molar-refractivity contribution >= 4 is 23.3 Å². The number of nitrogens with one attached hydrogen (secondary N) is 1. The Morgan fingerprint density at radius 2 is 1.95 bits per heavy atom. The molecule has 0 aliphatic carbocycles. The lowest BCUT2D eigenvalue weighted by molar-refractivity contribution is -0.120. The van der Waals surface area contributed by atoms with Gasteiger partial charge in [0.05, 0.1) is 23.5 Å². The van der Waals surface area contributed by atoms with Crippen molar-refractivity contribution in [1.29, 1.82) is 0 Å². The van der Waals surface area contributed by atoms with E-state index >= 15 is 0 Å². The molecule has 0 aliphatic rings. The van der Waals surface area contributed by atoms with Crippen LogP contribution >= 0.6 is 0 Å². The van der Waals surface area contributed by atoms with Crippen LogP contribution in [0.4, 0.5) is 11.4 Å². The molecule has 1 aromatic rings. The van der Waals surface area contributed by atoms with Gasteiger partial charge in [-0.3, -0.25) is 4.79 Å². The van der Waals surface area contributed by atoms with Crippen LogP contribution in [0.1, 0.15) is 37.0 Å². The van der Waals surface area contributed by atoms with Gasteiger partial charge in [0.2, 0.25) is 5.91 Å². The molecular weight excluding hydrogens is 270 g/mol. The SMILES string of the molecule is CCC(CC)NC(=O)CN(C)c1ccc(C(=O)O)cc1N. The number of carboxylic acid groups (broad SMARTS) is 1. The van der Waals surface area contributed by atoms with Gasteiger partial charge in [0, 0.05) is 13.1 Å². The number of rotatable bonds is 7. The normalized spacial score (nSPS) is 10.5. The molecule has 0 bridgehead atoms. The highest BCUT2D eigenvalue weighted by Gasteiger charge is 2.14. The van der Waals surface area contributed by atoms with Crippen molar-refractivity contribution in [3.63, 3.8) is 0 Å². The summed E-state index contributed by atoms with van der Waals surface area (Å²) in [6.45, 7) is 4.23. The lowest BCUT2D eigenvalue weighted by atomic mass is 10.1. The number of nitrogens with two attached hydrogens (primary N) is 1. The first-order chi connectivity index (χ1) is 9.88. The van der Waals surface area contributed by atoms with Crippen molar-refractivity contribution in [3.05, 3.63) is 23.8 Å².